The third-order valence-corrected chi connectivity index (χ3v) is 7.67. The first kappa shape index (κ1) is 17.7. The summed E-state index contributed by atoms with van der Waals surface area (Å²) in [6.07, 6.45) is 7.22. The average molecular weight is 374 g/mol. The lowest BCUT2D eigenvalue weighted by atomic mass is 9.84. The number of hydrogen-bond acceptors (Lipinski definition) is 4. The minimum Gasteiger partial charge on any atom is -0.353 e. The van der Waals surface area contributed by atoms with Crippen LogP contribution >= 0.6 is 11.3 Å². The highest BCUT2D eigenvalue weighted by molar-refractivity contribution is 7.18. The molecule has 5 nitrogen and oxygen atoms in total. The van der Waals surface area contributed by atoms with Crippen molar-refractivity contribution in [2.45, 2.75) is 65.5 Å². The molecule has 0 saturated heterocycles. The van der Waals surface area contributed by atoms with E-state index in [1.807, 2.05) is 13.8 Å². The van der Waals surface area contributed by atoms with E-state index in [1.165, 1.54) is 25.7 Å². The lowest BCUT2D eigenvalue weighted by Gasteiger charge is -2.28. The Morgan fingerprint density at radius 1 is 1.38 bits per heavy atom. The summed E-state index contributed by atoms with van der Waals surface area (Å²) >= 11 is 1.55. The normalized spacial score (nSPS) is 25.7. The van der Waals surface area contributed by atoms with Crippen LogP contribution in [0.1, 0.15) is 49.5 Å². The molecule has 4 rings (SSSR count). The quantitative estimate of drug-likeness (QED) is 0.873. The maximum Gasteiger partial charge on any atom is 0.262 e. The fourth-order valence-corrected chi connectivity index (χ4v) is 5.98. The summed E-state index contributed by atoms with van der Waals surface area (Å²) in [4.78, 5) is 31.4. The predicted molar refractivity (Wildman–Crippen MR) is 105 cm³/mol. The van der Waals surface area contributed by atoms with Crippen molar-refractivity contribution < 1.29 is 4.79 Å². The van der Waals surface area contributed by atoms with Gasteiger partial charge in [-0.05, 0) is 63.4 Å². The molecule has 2 aliphatic rings. The number of amides is 1. The summed E-state index contributed by atoms with van der Waals surface area (Å²) in [7, 11) is 0. The van der Waals surface area contributed by atoms with Gasteiger partial charge in [0.25, 0.3) is 5.56 Å². The number of thiophene rings is 1. The molecular formula is C20H27N3O2S. The van der Waals surface area contributed by atoms with Crippen molar-refractivity contribution in [2.75, 3.05) is 0 Å². The van der Waals surface area contributed by atoms with Crippen LogP contribution in [0.2, 0.25) is 0 Å². The molecular weight excluding hydrogens is 346 g/mol. The number of carbonyl (C=O) groups excluding carboxylic acids is 1. The Morgan fingerprint density at radius 3 is 2.88 bits per heavy atom. The highest BCUT2D eigenvalue weighted by Crippen LogP contribution is 2.49. The van der Waals surface area contributed by atoms with Crippen LogP contribution in [0.4, 0.5) is 0 Å². The minimum absolute atomic E-state index is 0.0329. The Balaban J connectivity index is 1.38. The molecule has 0 spiro atoms. The van der Waals surface area contributed by atoms with E-state index in [-0.39, 0.29) is 17.5 Å². The van der Waals surface area contributed by atoms with Gasteiger partial charge in [0.1, 0.15) is 4.83 Å². The molecule has 2 aliphatic carbocycles. The van der Waals surface area contributed by atoms with Crippen molar-refractivity contribution in [3.05, 3.63) is 27.1 Å². The first-order valence-corrected chi connectivity index (χ1v) is 10.5. The van der Waals surface area contributed by atoms with Gasteiger partial charge in [0.15, 0.2) is 0 Å². The molecule has 0 aromatic carbocycles. The molecule has 2 aromatic rings. The highest BCUT2D eigenvalue weighted by atomic mass is 32.1. The van der Waals surface area contributed by atoms with Crippen molar-refractivity contribution in [1.82, 2.24) is 14.9 Å². The topological polar surface area (TPSA) is 64.0 Å². The van der Waals surface area contributed by atoms with E-state index in [9.17, 15) is 9.59 Å². The Kier molecular flexibility index (Phi) is 4.63. The van der Waals surface area contributed by atoms with Gasteiger partial charge in [-0.2, -0.15) is 0 Å². The predicted octanol–water partition coefficient (Wildman–Crippen LogP) is 3.41. The smallest absolute Gasteiger partial charge is 0.262 e. The summed E-state index contributed by atoms with van der Waals surface area (Å²) in [6, 6.07) is 0.233. The fourth-order valence-electron chi connectivity index (χ4n) is 4.99. The van der Waals surface area contributed by atoms with E-state index >= 15 is 0 Å². The van der Waals surface area contributed by atoms with Crippen molar-refractivity contribution in [3.8, 4) is 0 Å². The maximum atomic E-state index is 12.7. The molecule has 4 atom stereocenters. The summed E-state index contributed by atoms with van der Waals surface area (Å²) in [5, 5.41) is 3.88. The van der Waals surface area contributed by atoms with Gasteiger partial charge in [0.05, 0.1) is 11.7 Å². The Bertz CT molecular complexity index is 900. The van der Waals surface area contributed by atoms with E-state index < -0.39 is 0 Å². The number of rotatable bonds is 5. The standard InChI is InChI=1S/C20H27N3O2S/c1-11-13(3)26-19-18(11)20(25)23(10-21-19)7-6-17(24)22-12(2)16-9-14-4-5-15(16)8-14/h10,12,14-16H,4-9H2,1-3H3,(H,22,24)/t12-,14-,15-,16-/m0/s1. The third-order valence-electron chi connectivity index (χ3n) is 6.56. The Hall–Kier alpha value is -1.69. The van der Waals surface area contributed by atoms with Crippen LogP contribution < -0.4 is 10.9 Å². The second-order valence-electron chi connectivity index (χ2n) is 8.15. The molecule has 2 bridgehead atoms. The number of fused-ring (bicyclic) bond motifs is 3. The lowest BCUT2D eigenvalue weighted by molar-refractivity contribution is -0.122. The van der Waals surface area contributed by atoms with Crippen LogP contribution in [-0.2, 0) is 11.3 Å². The fraction of sp³-hybridized carbons (Fsp3) is 0.650. The largest absolute Gasteiger partial charge is 0.353 e. The molecule has 2 saturated carbocycles. The van der Waals surface area contributed by atoms with Crippen molar-refractivity contribution in [1.29, 1.82) is 0 Å². The first-order chi connectivity index (χ1) is 12.4. The molecule has 1 N–H and O–H groups in total. The maximum absolute atomic E-state index is 12.7. The SMILES string of the molecule is Cc1sc2ncn(CCC(=O)N[C@@H](C)[C@@H]3C[C@H]4CC[C@H]3C4)c(=O)c2c1C. The van der Waals surface area contributed by atoms with E-state index in [0.29, 0.717) is 24.3 Å². The molecule has 1 amide bonds. The molecule has 0 aliphatic heterocycles. The van der Waals surface area contributed by atoms with Gasteiger partial charge in [0, 0.05) is 23.9 Å². The van der Waals surface area contributed by atoms with Gasteiger partial charge < -0.3 is 5.32 Å². The molecule has 0 unspecified atom stereocenters. The van der Waals surface area contributed by atoms with Crippen LogP contribution in [-0.4, -0.2) is 21.5 Å². The molecule has 26 heavy (non-hydrogen) atoms. The van der Waals surface area contributed by atoms with Crippen molar-refractivity contribution in [3.63, 3.8) is 0 Å². The van der Waals surface area contributed by atoms with E-state index in [4.69, 9.17) is 0 Å². The zero-order valence-electron chi connectivity index (χ0n) is 15.7. The lowest BCUT2D eigenvalue weighted by Crippen LogP contribution is -2.40. The number of nitrogens with one attached hydrogen (secondary N) is 1. The summed E-state index contributed by atoms with van der Waals surface area (Å²) < 4.78 is 1.57. The molecule has 2 aromatic heterocycles. The minimum atomic E-state index is -0.0363. The van der Waals surface area contributed by atoms with E-state index in [2.05, 4.69) is 17.2 Å². The second kappa shape index (κ2) is 6.80. The highest BCUT2D eigenvalue weighted by Gasteiger charge is 2.42. The molecule has 2 heterocycles. The van der Waals surface area contributed by atoms with Gasteiger partial charge in [-0.1, -0.05) is 6.42 Å². The third kappa shape index (κ3) is 3.08. The number of nitrogens with zero attached hydrogens (tertiary/aromatic N) is 2. The molecule has 140 valence electrons. The van der Waals surface area contributed by atoms with Crippen molar-refractivity contribution in [2.24, 2.45) is 17.8 Å². The first-order valence-electron chi connectivity index (χ1n) is 9.68. The number of aryl methyl sites for hydroxylation is 3. The number of hydrogen-bond donors (Lipinski definition) is 1. The van der Waals surface area contributed by atoms with Crippen molar-refractivity contribution >= 4 is 27.5 Å². The summed E-state index contributed by atoms with van der Waals surface area (Å²) in [5.41, 5.74) is 0.969. The zero-order valence-corrected chi connectivity index (χ0v) is 16.6. The Morgan fingerprint density at radius 2 is 2.19 bits per heavy atom. The van der Waals surface area contributed by atoms with Gasteiger partial charge in [-0.15, -0.1) is 11.3 Å². The van der Waals surface area contributed by atoms with E-state index in [0.717, 1.165) is 27.1 Å². The Labute approximate surface area is 157 Å². The summed E-state index contributed by atoms with van der Waals surface area (Å²) in [6.45, 7) is 6.49. The summed E-state index contributed by atoms with van der Waals surface area (Å²) in [5.74, 6) is 2.35. The van der Waals surface area contributed by atoms with Gasteiger partial charge in [-0.3, -0.25) is 14.2 Å². The van der Waals surface area contributed by atoms with Crippen LogP contribution in [0, 0.1) is 31.6 Å². The van der Waals surface area contributed by atoms with Crippen LogP contribution in [0.15, 0.2) is 11.1 Å². The van der Waals surface area contributed by atoms with Gasteiger partial charge in [-0.25, -0.2) is 4.98 Å². The molecule has 2 fully saturated rings. The van der Waals surface area contributed by atoms with E-state index in [1.54, 1.807) is 22.2 Å². The van der Waals surface area contributed by atoms with Crippen LogP contribution in [0.25, 0.3) is 10.2 Å². The van der Waals surface area contributed by atoms with Crippen LogP contribution in [0.3, 0.4) is 0 Å². The zero-order chi connectivity index (χ0) is 18.4. The molecule has 6 heteroatoms. The van der Waals surface area contributed by atoms with Gasteiger partial charge in [0.2, 0.25) is 5.91 Å². The average Bonchev–Trinajstić information content (AvgIpc) is 3.30. The second-order valence-corrected chi connectivity index (χ2v) is 9.35. The number of aromatic nitrogens is 2. The number of carbonyl (C=O) groups is 1. The molecule has 0 radical (unpaired) electrons. The monoisotopic (exact) mass is 373 g/mol. The van der Waals surface area contributed by atoms with Gasteiger partial charge >= 0.3 is 0 Å². The van der Waals surface area contributed by atoms with Crippen LogP contribution in [0.5, 0.6) is 0 Å².